The third-order valence-electron chi connectivity index (χ3n) is 5.08. The number of urea groups is 1. The zero-order chi connectivity index (χ0) is 17.9. The van der Waals surface area contributed by atoms with E-state index in [2.05, 4.69) is 21.8 Å². The maximum atomic E-state index is 12.6. The number of carbonyl (C=O) groups excluding carboxylic acids is 1. The third-order valence-corrected chi connectivity index (χ3v) is 5.08. The molecule has 1 aliphatic heterocycles. The third kappa shape index (κ3) is 3.66. The van der Waals surface area contributed by atoms with Crippen molar-refractivity contribution in [1.29, 1.82) is 0 Å². The number of anilines is 1. The molecule has 2 fully saturated rings. The number of nitrogens with one attached hydrogen (secondary N) is 1. The molecule has 0 atom stereocenters. The number of hydrogen-bond donors (Lipinski definition) is 1. The number of amides is 2. The number of piperidine rings is 1. The van der Waals surface area contributed by atoms with E-state index in [0.29, 0.717) is 43.1 Å². The number of carbonyl (C=O) groups is 1. The number of nitrogens with zero attached hydrogens (tertiary/aromatic N) is 4. The molecule has 7 heteroatoms. The standard InChI is InChI=1S/C19H25N5O2/c1-2-26-18-6-4-3-5-16(18)20-19(25)23-11-9-15(10-12-23)24-13-17(21-22-24)14-7-8-14/h3-6,13-15H,2,7-12H2,1H3,(H,20,25). The molecule has 0 unspecified atom stereocenters. The Morgan fingerprint density at radius 1 is 1.23 bits per heavy atom. The van der Waals surface area contributed by atoms with Crippen LogP contribution in [0.3, 0.4) is 0 Å². The van der Waals surface area contributed by atoms with E-state index < -0.39 is 0 Å². The van der Waals surface area contributed by atoms with Crippen LogP contribution in [0.4, 0.5) is 10.5 Å². The van der Waals surface area contributed by atoms with Crippen molar-refractivity contribution in [2.45, 2.75) is 44.6 Å². The molecule has 4 rings (SSSR count). The van der Waals surface area contributed by atoms with E-state index in [1.807, 2.05) is 40.8 Å². The fourth-order valence-electron chi connectivity index (χ4n) is 3.41. The quantitative estimate of drug-likeness (QED) is 0.892. The van der Waals surface area contributed by atoms with Crippen molar-refractivity contribution in [3.8, 4) is 5.75 Å². The molecule has 1 aliphatic carbocycles. The van der Waals surface area contributed by atoms with Gasteiger partial charge in [-0.1, -0.05) is 17.3 Å². The van der Waals surface area contributed by atoms with E-state index in [0.717, 1.165) is 18.5 Å². The second kappa shape index (κ2) is 7.35. The van der Waals surface area contributed by atoms with Gasteiger partial charge in [-0.25, -0.2) is 9.48 Å². The van der Waals surface area contributed by atoms with Crippen molar-refractivity contribution < 1.29 is 9.53 Å². The molecule has 2 amide bonds. The molecular weight excluding hydrogens is 330 g/mol. The maximum absolute atomic E-state index is 12.6. The van der Waals surface area contributed by atoms with Crippen molar-refractivity contribution in [3.63, 3.8) is 0 Å². The van der Waals surface area contributed by atoms with Gasteiger partial charge in [-0.05, 0) is 44.7 Å². The van der Waals surface area contributed by atoms with E-state index in [4.69, 9.17) is 4.74 Å². The van der Waals surface area contributed by atoms with Crippen LogP contribution in [0.2, 0.25) is 0 Å². The molecule has 1 N–H and O–H groups in total. The molecule has 1 aromatic heterocycles. The lowest BCUT2D eigenvalue weighted by molar-refractivity contribution is 0.179. The van der Waals surface area contributed by atoms with E-state index in [1.165, 1.54) is 12.8 Å². The first-order valence-electron chi connectivity index (χ1n) is 9.44. The van der Waals surface area contributed by atoms with Crippen molar-refractivity contribution in [2.24, 2.45) is 0 Å². The SMILES string of the molecule is CCOc1ccccc1NC(=O)N1CCC(n2cc(C3CC3)nn2)CC1. The second-order valence-electron chi connectivity index (χ2n) is 6.98. The summed E-state index contributed by atoms with van der Waals surface area (Å²) >= 11 is 0. The second-order valence-corrected chi connectivity index (χ2v) is 6.98. The number of ether oxygens (including phenoxy) is 1. The summed E-state index contributed by atoms with van der Waals surface area (Å²) in [7, 11) is 0. The number of likely N-dealkylation sites (tertiary alicyclic amines) is 1. The summed E-state index contributed by atoms with van der Waals surface area (Å²) in [4.78, 5) is 14.5. The van der Waals surface area contributed by atoms with E-state index in [9.17, 15) is 4.79 Å². The van der Waals surface area contributed by atoms with Crippen LogP contribution in [0.25, 0.3) is 0 Å². The molecule has 0 bridgehead atoms. The van der Waals surface area contributed by atoms with Crippen LogP contribution in [-0.4, -0.2) is 45.6 Å². The number of hydrogen-bond acceptors (Lipinski definition) is 4. The Labute approximate surface area is 153 Å². The number of para-hydroxylation sites is 2. The van der Waals surface area contributed by atoms with Crippen molar-refractivity contribution in [2.75, 3.05) is 25.0 Å². The van der Waals surface area contributed by atoms with Gasteiger partial charge in [0.05, 0.1) is 24.0 Å². The van der Waals surface area contributed by atoms with Gasteiger partial charge in [-0.15, -0.1) is 5.10 Å². The summed E-state index contributed by atoms with van der Waals surface area (Å²) in [5, 5.41) is 11.6. The van der Waals surface area contributed by atoms with Gasteiger partial charge < -0.3 is 15.0 Å². The lowest BCUT2D eigenvalue weighted by Crippen LogP contribution is -2.41. The van der Waals surface area contributed by atoms with Crippen molar-refractivity contribution in [1.82, 2.24) is 19.9 Å². The highest BCUT2D eigenvalue weighted by atomic mass is 16.5. The summed E-state index contributed by atoms with van der Waals surface area (Å²) in [5.41, 5.74) is 1.84. The molecule has 0 spiro atoms. The fourth-order valence-corrected chi connectivity index (χ4v) is 3.41. The summed E-state index contributed by atoms with van der Waals surface area (Å²) in [6.45, 7) is 3.93. The summed E-state index contributed by atoms with van der Waals surface area (Å²) < 4.78 is 7.57. The Morgan fingerprint density at radius 2 is 2.00 bits per heavy atom. The monoisotopic (exact) mass is 355 g/mol. The van der Waals surface area contributed by atoms with Crippen LogP contribution in [0.15, 0.2) is 30.5 Å². The first-order chi connectivity index (χ1) is 12.7. The van der Waals surface area contributed by atoms with Gasteiger partial charge in [0.25, 0.3) is 0 Å². The Kier molecular flexibility index (Phi) is 4.77. The highest BCUT2D eigenvalue weighted by Crippen LogP contribution is 2.39. The largest absolute Gasteiger partial charge is 0.492 e. The first-order valence-corrected chi connectivity index (χ1v) is 9.44. The fraction of sp³-hybridized carbons (Fsp3) is 0.526. The highest BCUT2D eigenvalue weighted by Gasteiger charge is 2.29. The summed E-state index contributed by atoms with van der Waals surface area (Å²) in [6.07, 6.45) is 6.36. The van der Waals surface area contributed by atoms with Gasteiger partial charge in [-0.2, -0.15) is 0 Å². The molecule has 2 aliphatic rings. The molecular formula is C19H25N5O2. The topological polar surface area (TPSA) is 72.3 Å². The molecule has 2 heterocycles. The van der Waals surface area contributed by atoms with Crippen LogP contribution in [0.1, 0.15) is 50.3 Å². The average Bonchev–Trinajstić information content (AvgIpc) is 3.40. The van der Waals surface area contributed by atoms with E-state index in [1.54, 1.807) is 0 Å². The molecule has 2 aromatic rings. The van der Waals surface area contributed by atoms with Crippen LogP contribution >= 0.6 is 0 Å². The van der Waals surface area contributed by atoms with Gasteiger partial charge in [0.15, 0.2) is 0 Å². The van der Waals surface area contributed by atoms with Gasteiger partial charge in [0.2, 0.25) is 0 Å². The van der Waals surface area contributed by atoms with Gasteiger partial charge in [0, 0.05) is 25.2 Å². The normalized spacial score (nSPS) is 18.0. The molecule has 7 nitrogen and oxygen atoms in total. The maximum Gasteiger partial charge on any atom is 0.321 e. The predicted molar refractivity (Wildman–Crippen MR) is 98.5 cm³/mol. The Balaban J connectivity index is 1.33. The van der Waals surface area contributed by atoms with Gasteiger partial charge in [0.1, 0.15) is 5.75 Å². The Hall–Kier alpha value is -2.57. The molecule has 1 saturated heterocycles. The van der Waals surface area contributed by atoms with Crippen LogP contribution in [-0.2, 0) is 0 Å². The zero-order valence-electron chi connectivity index (χ0n) is 15.1. The van der Waals surface area contributed by atoms with Gasteiger partial charge >= 0.3 is 6.03 Å². The average molecular weight is 355 g/mol. The Bertz CT molecular complexity index is 763. The first kappa shape index (κ1) is 16.9. The minimum Gasteiger partial charge on any atom is -0.492 e. The van der Waals surface area contributed by atoms with Crippen LogP contribution in [0, 0.1) is 0 Å². The Morgan fingerprint density at radius 3 is 2.73 bits per heavy atom. The minimum atomic E-state index is -0.0761. The molecule has 1 aromatic carbocycles. The number of rotatable bonds is 5. The lowest BCUT2D eigenvalue weighted by Gasteiger charge is -2.32. The van der Waals surface area contributed by atoms with Gasteiger partial charge in [-0.3, -0.25) is 0 Å². The van der Waals surface area contributed by atoms with Crippen molar-refractivity contribution >= 4 is 11.7 Å². The zero-order valence-corrected chi connectivity index (χ0v) is 15.1. The van der Waals surface area contributed by atoms with E-state index >= 15 is 0 Å². The van der Waals surface area contributed by atoms with Crippen LogP contribution < -0.4 is 10.1 Å². The smallest absolute Gasteiger partial charge is 0.321 e. The molecule has 26 heavy (non-hydrogen) atoms. The number of aromatic nitrogens is 3. The minimum absolute atomic E-state index is 0.0761. The highest BCUT2D eigenvalue weighted by molar-refractivity contribution is 5.91. The van der Waals surface area contributed by atoms with Crippen molar-refractivity contribution in [3.05, 3.63) is 36.2 Å². The lowest BCUT2D eigenvalue weighted by atomic mass is 10.1. The van der Waals surface area contributed by atoms with Crippen LogP contribution in [0.5, 0.6) is 5.75 Å². The van der Waals surface area contributed by atoms with E-state index in [-0.39, 0.29) is 6.03 Å². The molecule has 1 saturated carbocycles. The molecule has 138 valence electrons. The number of benzene rings is 1. The summed E-state index contributed by atoms with van der Waals surface area (Å²) in [5.74, 6) is 1.33. The summed E-state index contributed by atoms with van der Waals surface area (Å²) in [6, 6.07) is 7.78. The predicted octanol–water partition coefficient (Wildman–Crippen LogP) is 3.42. The molecule has 0 radical (unpaired) electrons.